The maximum atomic E-state index is 6.09. The lowest BCUT2D eigenvalue weighted by molar-refractivity contribution is 0.475. The molecule has 0 atom stereocenters. The number of nitrogens with zero attached hydrogens (tertiary/aromatic N) is 1. The molecule has 18 heavy (non-hydrogen) atoms. The summed E-state index contributed by atoms with van der Waals surface area (Å²) in [6.07, 6.45) is 1.72. The Kier molecular flexibility index (Phi) is 4.22. The molecule has 2 rings (SSSR count). The minimum absolute atomic E-state index is 0.369. The second kappa shape index (κ2) is 5.69. The van der Waals surface area contributed by atoms with Crippen LogP contribution in [0.2, 0.25) is 5.02 Å². The van der Waals surface area contributed by atoms with Crippen molar-refractivity contribution in [2.45, 2.75) is 13.5 Å². The van der Waals surface area contributed by atoms with Gasteiger partial charge in [0.1, 0.15) is 11.5 Å². The van der Waals surface area contributed by atoms with Crippen LogP contribution in [0.15, 0.2) is 34.9 Å². The smallest absolute Gasteiger partial charge is 0.147 e. The quantitative estimate of drug-likeness (QED) is 0.925. The fraction of sp³-hybridized carbons (Fsp3) is 0.154. The standard InChI is InChI=1S/C13H12BrClN2O/c1-8-4-12(9(6-16)7-17-8)18-13-5-10(14)2-3-11(13)15/h2-5,7H,6,16H2,1H3. The summed E-state index contributed by atoms with van der Waals surface area (Å²) in [4.78, 5) is 4.19. The molecule has 1 aromatic heterocycles. The zero-order chi connectivity index (χ0) is 13.1. The molecule has 0 aliphatic rings. The van der Waals surface area contributed by atoms with Crippen molar-refractivity contribution in [1.82, 2.24) is 4.98 Å². The van der Waals surface area contributed by atoms with Gasteiger partial charge < -0.3 is 10.5 Å². The Bertz CT molecular complexity index is 575. The molecular formula is C13H12BrClN2O. The number of halogens is 2. The Hall–Kier alpha value is -1.10. The molecule has 1 heterocycles. The van der Waals surface area contributed by atoms with Gasteiger partial charge in [0.2, 0.25) is 0 Å². The summed E-state index contributed by atoms with van der Waals surface area (Å²) in [6.45, 7) is 2.27. The fourth-order valence-electron chi connectivity index (χ4n) is 1.49. The van der Waals surface area contributed by atoms with Crippen LogP contribution in [0.4, 0.5) is 0 Å². The van der Waals surface area contributed by atoms with E-state index in [0.29, 0.717) is 23.1 Å². The normalized spacial score (nSPS) is 10.4. The molecule has 0 aliphatic carbocycles. The Morgan fingerprint density at radius 1 is 1.33 bits per heavy atom. The fourth-order valence-corrected chi connectivity index (χ4v) is 1.98. The van der Waals surface area contributed by atoms with Crippen molar-refractivity contribution < 1.29 is 4.74 Å². The van der Waals surface area contributed by atoms with E-state index in [4.69, 9.17) is 22.1 Å². The number of nitrogens with two attached hydrogens (primary N) is 1. The van der Waals surface area contributed by atoms with Crippen LogP contribution in [0, 0.1) is 6.92 Å². The van der Waals surface area contributed by atoms with Gasteiger partial charge in [0.25, 0.3) is 0 Å². The molecule has 0 radical (unpaired) electrons. The molecule has 0 saturated carbocycles. The molecule has 0 aliphatic heterocycles. The van der Waals surface area contributed by atoms with Gasteiger partial charge in [-0.2, -0.15) is 0 Å². The highest BCUT2D eigenvalue weighted by Gasteiger charge is 2.08. The molecule has 2 aromatic rings. The van der Waals surface area contributed by atoms with Gasteiger partial charge in [-0.3, -0.25) is 4.98 Å². The van der Waals surface area contributed by atoms with Crippen LogP contribution in [0.3, 0.4) is 0 Å². The van der Waals surface area contributed by atoms with E-state index in [1.165, 1.54) is 0 Å². The molecule has 0 amide bonds. The summed E-state index contributed by atoms with van der Waals surface area (Å²) in [7, 11) is 0. The summed E-state index contributed by atoms with van der Waals surface area (Å²) in [5, 5.41) is 0.552. The molecule has 1 aromatic carbocycles. The number of hydrogen-bond donors (Lipinski definition) is 1. The summed E-state index contributed by atoms with van der Waals surface area (Å²) in [5.41, 5.74) is 7.37. The molecule has 3 nitrogen and oxygen atoms in total. The predicted molar refractivity (Wildman–Crippen MR) is 76.1 cm³/mol. The summed E-state index contributed by atoms with van der Waals surface area (Å²) < 4.78 is 6.72. The summed E-state index contributed by atoms with van der Waals surface area (Å²) in [5.74, 6) is 1.27. The molecule has 94 valence electrons. The first kappa shape index (κ1) is 13.3. The van der Waals surface area contributed by atoms with Gasteiger partial charge in [0, 0.05) is 34.5 Å². The largest absolute Gasteiger partial charge is 0.455 e. The van der Waals surface area contributed by atoms with E-state index in [1.54, 1.807) is 12.3 Å². The van der Waals surface area contributed by atoms with Gasteiger partial charge in [0.05, 0.1) is 5.02 Å². The Balaban J connectivity index is 2.38. The van der Waals surface area contributed by atoms with Crippen LogP contribution in [0.5, 0.6) is 11.5 Å². The van der Waals surface area contributed by atoms with E-state index in [-0.39, 0.29) is 0 Å². The molecule has 5 heteroatoms. The number of hydrogen-bond acceptors (Lipinski definition) is 3. The van der Waals surface area contributed by atoms with Crippen molar-refractivity contribution in [1.29, 1.82) is 0 Å². The minimum Gasteiger partial charge on any atom is -0.455 e. The highest BCUT2D eigenvalue weighted by molar-refractivity contribution is 9.10. The van der Waals surface area contributed by atoms with Gasteiger partial charge in [-0.1, -0.05) is 27.5 Å². The molecule has 0 spiro atoms. The van der Waals surface area contributed by atoms with Crippen LogP contribution in [-0.2, 0) is 6.54 Å². The van der Waals surface area contributed by atoms with Crippen LogP contribution < -0.4 is 10.5 Å². The Labute approximate surface area is 119 Å². The van der Waals surface area contributed by atoms with Crippen molar-refractivity contribution in [2.24, 2.45) is 5.73 Å². The zero-order valence-electron chi connectivity index (χ0n) is 9.78. The molecule has 0 fully saturated rings. The second-order valence-corrected chi connectivity index (χ2v) is 5.14. The number of aromatic nitrogens is 1. The van der Waals surface area contributed by atoms with Crippen molar-refractivity contribution in [3.63, 3.8) is 0 Å². The lowest BCUT2D eigenvalue weighted by atomic mass is 10.2. The van der Waals surface area contributed by atoms with Crippen LogP contribution in [0.25, 0.3) is 0 Å². The van der Waals surface area contributed by atoms with Crippen molar-refractivity contribution in [3.05, 3.63) is 51.2 Å². The molecule has 2 N–H and O–H groups in total. The van der Waals surface area contributed by atoms with Crippen molar-refractivity contribution >= 4 is 27.5 Å². The van der Waals surface area contributed by atoms with Crippen LogP contribution in [-0.4, -0.2) is 4.98 Å². The Morgan fingerprint density at radius 2 is 2.11 bits per heavy atom. The summed E-state index contributed by atoms with van der Waals surface area (Å²) >= 11 is 9.47. The van der Waals surface area contributed by atoms with E-state index in [0.717, 1.165) is 15.7 Å². The minimum atomic E-state index is 0.369. The van der Waals surface area contributed by atoms with Crippen LogP contribution >= 0.6 is 27.5 Å². The third-order valence-electron chi connectivity index (χ3n) is 2.41. The first-order valence-electron chi connectivity index (χ1n) is 5.38. The number of ether oxygens (including phenoxy) is 1. The lowest BCUT2D eigenvalue weighted by Crippen LogP contribution is -2.01. The maximum absolute atomic E-state index is 6.09. The molecule has 0 saturated heterocycles. The Morgan fingerprint density at radius 3 is 2.83 bits per heavy atom. The SMILES string of the molecule is Cc1cc(Oc2cc(Br)ccc2Cl)c(CN)cn1. The van der Waals surface area contributed by atoms with Gasteiger partial charge in [-0.15, -0.1) is 0 Å². The van der Waals surface area contributed by atoms with Gasteiger partial charge in [-0.05, 0) is 25.1 Å². The highest BCUT2D eigenvalue weighted by atomic mass is 79.9. The molecule has 0 unspecified atom stereocenters. The average Bonchev–Trinajstić information content (AvgIpc) is 2.34. The molecular weight excluding hydrogens is 316 g/mol. The van der Waals surface area contributed by atoms with E-state index >= 15 is 0 Å². The van der Waals surface area contributed by atoms with E-state index in [9.17, 15) is 0 Å². The van der Waals surface area contributed by atoms with E-state index in [1.807, 2.05) is 25.1 Å². The average molecular weight is 328 g/mol. The number of aryl methyl sites for hydroxylation is 1. The number of benzene rings is 1. The predicted octanol–water partition coefficient (Wildman–Crippen LogP) is 4.06. The number of pyridine rings is 1. The number of rotatable bonds is 3. The van der Waals surface area contributed by atoms with Gasteiger partial charge in [-0.25, -0.2) is 0 Å². The maximum Gasteiger partial charge on any atom is 0.147 e. The third kappa shape index (κ3) is 3.02. The first-order valence-corrected chi connectivity index (χ1v) is 6.55. The van der Waals surface area contributed by atoms with Gasteiger partial charge in [0.15, 0.2) is 0 Å². The highest BCUT2D eigenvalue weighted by Crippen LogP contribution is 2.33. The second-order valence-electron chi connectivity index (χ2n) is 3.81. The first-order chi connectivity index (χ1) is 8.60. The van der Waals surface area contributed by atoms with Crippen LogP contribution in [0.1, 0.15) is 11.3 Å². The van der Waals surface area contributed by atoms with Crippen molar-refractivity contribution in [3.8, 4) is 11.5 Å². The van der Waals surface area contributed by atoms with E-state index < -0.39 is 0 Å². The van der Waals surface area contributed by atoms with Gasteiger partial charge >= 0.3 is 0 Å². The molecule has 0 bridgehead atoms. The third-order valence-corrected chi connectivity index (χ3v) is 3.22. The topological polar surface area (TPSA) is 48.1 Å². The zero-order valence-corrected chi connectivity index (χ0v) is 12.1. The van der Waals surface area contributed by atoms with E-state index in [2.05, 4.69) is 20.9 Å². The summed E-state index contributed by atoms with van der Waals surface area (Å²) in [6, 6.07) is 7.30. The lowest BCUT2D eigenvalue weighted by Gasteiger charge is -2.11. The monoisotopic (exact) mass is 326 g/mol. The van der Waals surface area contributed by atoms with Crippen molar-refractivity contribution in [2.75, 3.05) is 0 Å².